The predicted molar refractivity (Wildman–Crippen MR) is 151 cm³/mol. The van der Waals surface area contributed by atoms with Crippen LogP contribution in [0.25, 0.3) is 5.57 Å². The van der Waals surface area contributed by atoms with E-state index in [0.29, 0.717) is 28.3 Å². The van der Waals surface area contributed by atoms with Crippen molar-refractivity contribution in [1.29, 1.82) is 5.41 Å². The van der Waals surface area contributed by atoms with Gasteiger partial charge < -0.3 is 36.3 Å². The molecule has 1 aliphatic rings. The smallest absolute Gasteiger partial charge is 0.201 e. The molecule has 1 fully saturated rings. The van der Waals surface area contributed by atoms with Gasteiger partial charge in [-0.15, -0.1) is 0 Å². The lowest BCUT2D eigenvalue weighted by Crippen LogP contribution is -2.38. The molecule has 0 aliphatic carbocycles. The normalized spacial score (nSPS) is 18.3. The maximum atomic E-state index is 11.2. The lowest BCUT2D eigenvalue weighted by atomic mass is 9.86. The van der Waals surface area contributed by atoms with E-state index in [0.717, 1.165) is 25.9 Å². The van der Waals surface area contributed by atoms with Gasteiger partial charge in [-0.1, -0.05) is 37.8 Å². The second-order valence-electron chi connectivity index (χ2n) is 10.3. The van der Waals surface area contributed by atoms with Gasteiger partial charge in [-0.05, 0) is 64.0 Å². The number of nitrogens with one attached hydrogen (secondary N) is 2. The van der Waals surface area contributed by atoms with E-state index >= 15 is 0 Å². The van der Waals surface area contributed by atoms with Gasteiger partial charge in [0.15, 0.2) is 17.3 Å². The molecule has 1 aromatic heterocycles. The van der Waals surface area contributed by atoms with Crippen LogP contribution in [0.1, 0.15) is 50.3 Å². The number of ether oxygens (including phenoxy) is 1. The van der Waals surface area contributed by atoms with Crippen molar-refractivity contribution in [3.63, 3.8) is 0 Å². The Labute approximate surface area is 220 Å². The quantitative estimate of drug-likeness (QED) is 0.161. The van der Waals surface area contributed by atoms with Gasteiger partial charge in [0.1, 0.15) is 5.60 Å². The van der Waals surface area contributed by atoms with Crippen molar-refractivity contribution in [2.75, 3.05) is 25.9 Å². The van der Waals surface area contributed by atoms with Crippen LogP contribution >= 0.6 is 0 Å². The zero-order valence-electron chi connectivity index (χ0n) is 22.4. The average molecular weight is 503 g/mol. The minimum Gasteiger partial charge on any atom is -0.463 e. The minimum absolute atomic E-state index is 0.0307. The first-order valence-corrected chi connectivity index (χ1v) is 12.6. The Balaban J connectivity index is 1.81. The highest BCUT2D eigenvalue weighted by molar-refractivity contribution is 6.13. The van der Waals surface area contributed by atoms with Crippen LogP contribution in [-0.4, -0.2) is 65.9 Å². The third kappa shape index (κ3) is 7.59. The number of hydrogen-bond donors (Lipinski definition) is 5. The highest BCUT2D eigenvalue weighted by Gasteiger charge is 2.27. The van der Waals surface area contributed by atoms with Gasteiger partial charge in [0.2, 0.25) is 7.85 Å². The van der Waals surface area contributed by atoms with Crippen LogP contribution in [0.2, 0.25) is 0 Å². The summed E-state index contributed by atoms with van der Waals surface area (Å²) in [7, 11) is 3.64. The largest absolute Gasteiger partial charge is 0.463 e. The second-order valence-corrected chi connectivity index (χ2v) is 10.3. The van der Waals surface area contributed by atoms with Gasteiger partial charge in [0, 0.05) is 46.9 Å². The van der Waals surface area contributed by atoms with Crippen molar-refractivity contribution in [1.82, 2.24) is 15.2 Å². The zero-order chi connectivity index (χ0) is 27.2. The number of rotatable bonds is 8. The number of nitrogens with zero attached hydrogens (tertiary/aromatic N) is 2. The third-order valence-corrected chi connectivity index (χ3v) is 6.85. The number of anilines is 1. The van der Waals surface area contributed by atoms with Gasteiger partial charge in [0.25, 0.3) is 0 Å². The molecular weight excluding hydrogens is 465 g/mol. The summed E-state index contributed by atoms with van der Waals surface area (Å²) in [6, 6.07) is 9.04. The molecule has 37 heavy (non-hydrogen) atoms. The van der Waals surface area contributed by atoms with Gasteiger partial charge in [0.05, 0.1) is 0 Å². The van der Waals surface area contributed by atoms with Crippen molar-refractivity contribution in [2.24, 2.45) is 5.92 Å². The Bertz CT molecular complexity index is 1190. The summed E-state index contributed by atoms with van der Waals surface area (Å²) < 4.78 is 5.94. The first-order chi connectivity index (χ1) is 17.4. The van der Waals surface area contributed by atoms with Crippen LogP contribution < -0.4 is 15.8 Å². The molecule has 0 spiro atoms. The van der Waals surface area contributed by atoms with E-state index in [9.17, 15) is 10.2 Å². The van der Waals surface area contributed by atoms with E-state index in [1.807, 2.05) is 20.0 Å². The van der Waals surface area contributed by atoms with Crippen LogP contribution in [0.15, 0.2) is 42.7 Å². The Kier molecular flexibility index (Phi) is 9.03. The van der Waals surface area contributed by atoms with Crippen LogP contribution in [0.3, 0.4) is 0 Å². The Morgan fingerprint density at radius 1 is 1.32 bits per heavy atom. The lowest BCUT2D eigenvalue weighted by Gasteiger charge is -2.29. The molecule has 0 amide bonds. The summed E-state index contributed by atoms with van der Waals surface area (Å²) in [5.41, 5.74) is 5.61. The average Bonchev–Trinajstić information content (AvgIpc) is 2.86. The SMILES string of the molecule is BC(O)(Oc1cc(/C(C=N)=C/NC2CCN(C)CC2)cnc1N)c1cccc(C#CC(C)(O)C(C)C)c1. The van der Waals surface area contributed by atoms with Crippen molar-refractivity contribution in [3.8, 4) is 17.6 Å². The summed E-state index contributed by atoms with van der Waals surface area (Å²) >= 11 is 0. The third-order valence-electron chi connectivity index (χ3n) is 6.85. The first kappa shape index (κ1) is 28.3. The predicted octanol–water partition coefficient (Wildman–Crippen LogP) is 1.91. The van der Waals surface area contributed by atoms with E-state index in [4.69, 9.17) is 15.9 Å². The first-order valence-electron chi connectivity index (χ1n) is 12.6. The second kappa shape index (κ2) is 11.8. The fourth-order valence-corrected chi connectivity index (χ4v) is 3.79. The molecule has 8 nitrogen and oxygen atoms in total. The molecule has 1 aromatic carbocycles. The number of piperidine rings is 1. The summed E-state index contributed by atoms with van der Waals surface area (Å²) in [6.07, 6.45) is 6.74. The van der Waals surface area contributed by atoms with Gasteiger partial charge in [-0.25, -0.2) is 4.98 Å². The zero-order valence-corrected chi connectivity index (χ0v) is 22.4. The molecule has 0 saturated carbocycles. The Morgan fingerprint density at radius 2 is 2.03 bits per heavy atom. The van der Waals surface area contributed by atoms with Crippen LogP contribution in [0, 0.1) is 23.2 Å². The molecule has 0 radical (unpaired) electrons. The van der Waals surface area contributed by atoms with E-state index < -0.39 is 11.3 Å². The Morgan fingerprint density at radius 3 is 2.68 bits per heavy atom. The summed E-state index contributed by atoms with van der Waals surface area (Å²) in [4.78, 5) is 6.54. The number of allylic oxidation sites excluding steroid dienone is 1. The van der Waals surface area contributed by atoms with E-state index in [2.05, 4.69) is 34.1 Å². The topological polar surface area (TPSA) is 128 Å². The lowest BCUT2D eigenvalue weighted by molar-refractivity contribution is -0.0671. The van der Waals surface area contributed by atoms with Gasteiger partial charge in [-0.2, -0.15) is 0 Å². The van der Waals surface area contributed by atoms with Crippen molar-refractivity contribution in [3.05, 3.63) is 59.4 Å². The molecule has 1 aliphatic heterocycles. The molecule has 2 aromatic rings. The molecule has 196 valence electrons. The molecule has 1 saturated heterocycles. The molecule has 0 bridgehead atoms. The standard InChI is InChI=1S/C28H38BN5O3/c1-19(2)27(3,35)11-8-20-6-5-7-23(14-20)28(29,36)37-25-15-21(17-33-26(25)31)22(16-30)18-32-24-9-12-34(4)13-10-24/h5-7,14-19,24,30,32,35-36H,9-10,12-13,29H2,1-4H3,(H2,31,33)/b22-18+,30-16?. The van der Waals surface area contributed by atoms with E-state index in [1.54, 1.807) is 43.5 Å². The van der Waals surface area contributed by atoms with Gasteiger partial charge in [-0.3, -0.25) is 0 Å². The maximum Gasteiger partial charge on any atom is 0.201 e. The van der Waals surface area contributed by atoms with Crippen molar-refractivity contribution in [2.45, 2.75) is 50.9 Å². The fourth-order valence-electron chi connectivity index (χ4n) is 3.79. The molecular formula is C28H38BN5O3. The number of benzene rings is 1. The number of likely N-dealkylation sites (tertiary alicyclic amines) is 1. The number of aromatic nitrogens is 1. The van der Waals surface area contributed by atoms with E-state index in [-0.39, 0.29) is 17.5 Å². The number of aliphatic hydroxyl groups is 2. The Hall–Kier alpha value is -3.32. The van der Waals surface area contributed by atoms with Crippen LogP contribution in [0.4, 0.5) is 5.82 Å². The van der Waals surface area contributed by atoms with E-state index in [1.165, 1.54) is 14.1 Å². The minimum atomic E-state index is -1.73. The monoisotopic (exact) mass is 503 g/mol. The molecule has 6 N–H and O–H groups in total. The highest BCUT2D eigenvalue weighted by Crippen LogP contribution is 2.30. The van der Waals surface area contributed by atoms with Crippen molar-refractivity contribution >= 4 is 25.5 Å². The van der Waals surface area contributed by atoms with Gasteiger partial charge >= 0.3 is 0 Å². The number of hydrogen-bond acceptors (Lipinski definition) is 8. The highest BCUT2D eigenvalue weighted by atomic mass is 16.6. The molecule has 2 heterocycles. The fraction of sp³-hybridized carbons (Fsp3) is 0.429. The number of nitrogen functional groups attached to an aromatic ring is 1. The summed E-state index contributed by atoms with van der Waals surface area (Å²) in [5, 5.41) is 32.9. The number of nitrogens with two attached hydrogens (primary N) is 1. The van der Waals surface area contributed by atoms with Crippen molar-refractivity contribution < 1.29 is 14.9 Å². The maximum absolute atomic E-state index is 11.2. The summed E-state index contributed by atoms with van der Waals surface area (Å²) in [6.45, 7) is 7.55. The van der Waals surface area contributed by atoms with Crippen LogP contribution in [-0.2, 0) is 5.69 Å². The molecule has 2 unspecified atom stereocenters. The molecule has 9 heteroatoms. The molecule has 2 atom stereocenters. The summed E-state index contributed by atoms with van der Waals surface area (Å²) in [5.74, 6) is 6.17. The number of pyridine rings is 1. The molecule has 3 rings (SSSR count). The van der Waals surface area contributed by atoms with Crippen LogP contribution in [0.5, 0.6) is 5.75 Å².